The zero-order chi connectivity index (χ0) is 17.8. The standard InChI is InChI=1S/C19H22N2O4S/c22-19(18-3-1-12-26-18)21-9-7-20(8-10-21)6-2-11-23-15-4-5-16-17(13-15)25-14-24-16/h1,3-5,12-13H,2,6-11,14H2. The molecule has 1 aromatic carbocycles. The molecule has 0 saturated carbocycles. The molecule has 2 aliphatic rings. The maximum Gasteiger partial charge on any atom is 0.264 e. The first-order chi connectivity index (χ1) is 12.8. The lowest BCUT2D eigenvalue weighted by Gasteiger charge is -2.34. The number of hydrogen-bond acceptors (Lipinski definition) is 6. The van der Waals surface area contributed by atoms with E-state index in [0.717, 1.165) is 61.3 Å². The molecular weight excluding hydrogens is 352 g/mol. The van der Waals surface area contributed by atoms with Gasteiger partial charge in [0.05, 0.1) is 11.5 Å². The van der Waals surface area contributed by atoms with Gasteiger partial charge < -0.3 is 19.1 Å². The lowest BCUT2D eigenvalue weighted by Crippen LogP contribution is -2.48. The number of benzene rings is 1. The number of fused-ring (bicyclic) bond motifs is 1. The molecule has 26 heavy (non-hydrogen) atoms. The van der Waals surface area contributed by atoms with Crippen molar-refractivity contribution in [2.24, 2.45) is 0 Å². The first-order valence-electron chi connectivity index (χ1n) is 8.87. The van der Waals surface area contributed by atoms with Crippen LogP contribution in [0.5, 0.6) is 17.2 Å². The summed E-state index contributed by atoms with van der Waals surface area (Å²) < 4.78 is 16.5. The highest BCUT2D eigenvalue weighted by Crippen LogP contribution is 2.35. The van der Waals surface area contributed by atoms with Crippen LogP contribution in [0.1, 0.15) is 16.1 Å². The molecule has 1 aromatic heterocycles. The Kier molecular flexibility index (Phi) is 5.26. The number of rotatable bonds is 6. The first-order valence-corrected chi connectivity index (χ1v) is 9.75. The second kappa shape index (κ2) is 7.97. The number of carbonyl (C=O) groups excluding carboxylic acids is 1. The maximum absolute atomic E-state index is 12.3. The number of hydrogen-bond donors (Lipinski definition) is 0. The zero-order valence-electron chi connectivity index (χ0n) is 14.6. The van der Waals surface area contributed by atoms with Crippen LogP contribution in [0.2, 0.25) is 0 Å². The smallest absolute Gasteiger partial charge is 0.264 e. The second-order valence-electron chi connectivity index (χ2n) is 6.33. The van der Waals surface area contributed by atoms with Gasteiger partial charge in [-0.1, -0.05) is 6.07 Å². The minimum atomic E-state index is 0.158. The van der Waals surface area contributed by atoms with Gasteiger partial charge in [-0.25, -0.2) is 0 Å². The van der Waals surface area contributed by atoms with E-state index in [9.17, 15) is 4.79 Å². The maximum atomic E-state index is 12.3. The fraction of sp³-hybridized carbons (Fsp3) is 0.421. The van der Waals surface area contributed by atoms with Crippen LogP contribution in [0.15, 0.2) is 35.7 Å². The van der Waals surface area contributed by atoms with E-state index in [0.29, 0.717) is 6.61 Å². The summed E-state index contributed by atoms with van der Waals surface area (Å²) in [5.74, 6) is 2.48. The van der Waals surface area contributed by atoms with Gasteiger partial charge >= 0.3 is 0 Å². The highest BCUT2D eigenvalue weighted by Gasteiger charge is 2.22. The van der Waals surface area contributed by atoms with Gasteiger partial charge in [-0.2, -0.15) is 0 Å². The van der Waals surface area contributed by atoms with Crippen LogP contribution in [-0.4, -0.2) is 61.8 Å². The second-order valence-corrected chi connectivity index (χ2v) is 7.28. The van der Waals surface area contributed by atoms with Gasteiger partial charge in [0.15, 0.2) is 11.5 Å². The molecule has 1 fully saturated rings. The fourth-order valence-electron chi connectivity index (χ4n) is 3.18. The van der Waals surface area contributed by atoms with Crippen molar-refractivity contribution in [1.82, 2.24) is 9.80 Å². The van der Waals surface area contributed by atoms with E-state index in [1.54, 1.807) is 0 Å². The lowest BCUT2D eigenvalue weighted by molar-refractivity contribution is 0.0635. The highest BCUT2D eigenvalue weighted by atomic mass is 32.1. The van der Waals surface area contributed by atoms with Crippen molar-refractivity contribution < 1.29 is 19.0 Å². The molecule has 2 aliphatic heterocycles. The number of carbonyl (C=O) groups is 1. The molecule has 0 bridgehead atoms. The Bertz CT molecular complexity index is 742. The summed E-state index contributed by atoms with van der Waals surface area (Å²) in [4.78, 5) is 17.5. The minimum absolute atomic E-state index is 0.158. The van der Waals surface area contributed by atoms with Gasteiger partial charge in [-0.15, -0.1) is 11.3 Å². The topological polar surface area (TPSA) is 51.2 Å². The molecule has 0 radical (unpaired) electrons. The SMILES string of the molecule is O=C(c1cccs1)N1CCN(CCCOc2ccc3c(c2)OCO3)CC1. The van der Waals surface area contributed by atoms with E-state index in [2.05, 4.69) is 4.90 Å². The summed E-state index contributed by atoms with van der Waals surface area (Å²) in [7, 11) is 0. The van der Waals surface area contributed by atoms with Crippen molar-refractivity contribution in [3.05, 3.63) is 40.6 Å². The van der Waals surface area contributed by atoms with E-state index < -0.39 is 0 Å². The van der Waals surface area contributed by atoms with E-state index in [-0.39, 0.29) is 12.7 Å². The predicted octanol–water partition coefficient (Wildman–Crippen LogP) is 2.70. The van der Waals surface area contributed by atoms with Crippen molar-refractivity contribution in [3.8, 4) is 17.2 Å². The third-order valence-corrected chi connectivity index (χ3v) is 5.48. The lowest BCUT2D eigenvalue weighted by atomic mass is 10.2. The van der Waals surface area contributed by atoms with E-state index in [1.807, 2.05) is 40.6 Å². The van der Waals surface area contributed by atoms with Gasteiger partial charge in [0.1, 0.15) is 5.75 Å². The zero-order valence-corrected chi connectivity index (χ0v) is 15.4. The fourth-order valence-corrected chi connectivity index (χ4v) is 3.87. The molecule has 0 atom stereocenters. The molecule has 0 spiro atoms. The highest BCUT2D eigenvalue weighted by molar-refractivity contribution is 7.12. The van der Waals surface area contributed by atoms with Gasteiger partial charge in [0.25, 0.3) is 5.91 Å². The summed E-state index contributed by atoms with van der Waals surface area (Å²) in [5, 5.41) is 1.95. The summed E-state index contributed by atoms with van der Waals surface area (Å²) in [5.41, 5.74) is 0. The van der Waals surface area contributed by atoms with Crippen LogP contribution in [0.25, 0.3) is 0 Å². The Morgan fingerprint density at radius 2 is 1.96 bits per heavy atom. The molecule has 2 aromatic rings. The number of ether oxygens (including phenoxy) is 3. The Morgan fingerprint density at radius 3 is 2.77 bits per heavy atom. The third kappa shape index (κ3) is 3.94. The number of piperazine rings is 1. The summed E-state index contributed by atoms with van der Waals surface area (Å²) in [6.07, 6.45) is 0.952. The molecule has 0 N–H and O–H groups in total. The first kappa shape index (κ1) is 17.2. The Balaban J connectivity index is 1.16. The molecule has 3 heterocycles. The van der Waals surface area contributed by atoms with E-state index >= 15 is 0 Å². The van der Waals surface area contributed by atoms with Crippen molar-refractivity contribution in [2.45, 2.75) is 6.42 Å². The van der Waals surface area contributed by atoms with Gasteiger partial charge in [0.2, 0.25) is 6.79 Å². The molecule has 0 unspecified atom stereocenters. The molecule has 7 heteroatoms. The number of nitrogens with zero attached hydrogens (tertiary/aromatic N) is 2. The Hall–Kier alpha value is -2.25. The molecule has 4 rings (SSSR count). The van der Waals surface area contributed by atoms with Gasteiger partial charge in [-0.3, -0.25) is 9.69 Å². The van der Waals surface area contributed by atoms with Crippen LogP contribution in [0.3, 0.4) is 0 Å². The molecule has 0 aliphatic carbocycles. The van der Waals surface area contributed by atoms with Gasteiger partial charge in [0, 0.05) is 38.8 Å². The van der Waals surface area contributed by atoms with Crippen molar-refractivity contribution >= 4 is 17.2 Å². The molecule has 1 amide bonds. The summed E-state index contributed by atoms with van der Waals surface area (Å²) in [6.45, 7) is 5.33. The number of amides is 1. The van der Waals surface area contributed by atoms with Crippen molar-refractivity contribution in [3.63, 3.8) is 0 Å². The summed E-state index contributed by atoms with van der Waals surface area (Å²) in [6, 6.07) is 9.47. The predicted molar refractivity (Wildman–Crippen MR) is 99.3 cm³/mol. The van der Waals surface area contributed by atoms with Crippen LogP contribution in [0.4, 0.5) is 0 Å². The van der Waals surface area contributed by atoms with Crippen LogP contribution < -0.4 is 14.2 Å². The van der Waals surface area contributed by atoms with Crippen molar-refractivity contribution in [1.29, 1.82) is 0 Å². The quantitative estimate of drug-likeness (QED) is 0.728. The molecular formula is C19H22N2O4S. The summed E-state index contributed by atoms with van der Waals surface area (Å²) >= 11 is 1.51. The normalized spacial score (nSPS) is 16.7. The van der Waals surface area contributed by atoms with E-state index in [1.165, 1.54) is 11.3 Å². The molecule has 6 nitrogen and oxygen atoms in total. The molecule has 1 saturated heterocycles. The minimum Gasteiger partial charge on any atom is -0.493 e. The number of thiophene rings is 1. The van der Waals surface area contributed by atoms with Crippen LogP contribution >= 0.6 is 11.3 Å². The van der Waals surface area contributed by atoms with Crippen molar-refractivity contribution in [2.75, 3.05) is 46.1 Å². The van der Waals surface area contributed by atoms with Crippen LogP contribution in [0, 0.1) is 0 Å². The molecule has 138 valence electrons. The van der Waals surface area contributed by atoms with Gasteiger partial charge in [-0.05, 0) is 30.0 Å². The largest absolute Gasteiger partial charge is 0.493 e. The van der Waals surface area contributed by atoms with E-state index in [4.69, 9.17) is 14.2 Å². The average molecular weight is 374 g/mol. The van der Waals surface area contributed by atoms with Crippen LogP contribution in [-0.2, 0) is 0 Å². The monoisotopic (exact) mass is 374 g/mol. The Morgan fingerprint density at radius 1 is 1.12 bits per heavy atom. The Labute approximate surface area is 156 Å². The average Bonchev–Trinajstić information content (AvgIpc) is 3.36. The third-order valence-electron chi connectivity index (χ3n) is 4.62.